The second kappa shape index (κ2) is 7.20. The Hall–Kier alpha value is -3.42. The van der Waals surface area contributed by atoms with Crippen molar-refractivity contribution in [2.24, 2.45) is 0 Å². The van der Waals surface area contributed by atoms with E-state index < -0.39 is 88.1 Å². The number of carbonyl (C=O) groups is 1. The van der Waals surface area contributed by atoms with E-state index in [1.807, 2.05) is 5.92 Å². The Labute approximate surface area is 158 Å². The van der Waals surface area contributed by atoms with Crippen molar-refractivity contribution in [3.8, 4) is 35.0 Å². The molecule has 11 heteroatoms. The summed E-state index contributed by atoms with van der Waals surface area (Å²) in [6.07, 6.45) is 5.06. The van der Waals surface area contributed by atoms with Gasteiger partial charge in [0.15, 0.2) is 41.4 Å². The van der Waals surface area contributed by atoms with E-state index in [1.165, 1.54) is 0 Å². The van der Waals surface area contributed by atoms with Crippen LogP contribution in [0.2, 0.25) is 0 Å². The number of ether oxygens (including phenoxy) is 2. The molecule has 2 aromatic rings. The molecule has 1 aliphatic rings. The number of terminal acetylenes is 1. The molecule has 1 amide bonds. The first-order valence-electron chi connectivity index (χ1n) is 7.64. The van der Waals surface area contributed by atoms with Gasteiger partial charge in [0.25, 0.3) is 5.91 Å². The summed E-state index contributed by atoms with van der Waals surface area (Å²) in [5.41, 5.74) is -4.74. The molecule has 0 unspecified atom stereocenters. The van der Waals surface area contributed by atoms with E-state index in [2.05, 4.69) is 9.47 Å². The molecular weight excluding hydrogens is 411 g/mol. The molecule has 0 spiro atoms. The van der Waals surface area contributed by atoms with Gasteiger partial charge in [-0.15, -0.1) is 6.42 Å². The van der Waals surface area contributed by atoms with Crippen molar-refractivity contribution in [3.63, 3.8) is 0 Å². The molecule has 0 bridgehead atoms. The summed E-state index contributed by atoms with van der Waals surface area (Å²) in [4.78, 5) is 12.4. The van der Waals surface area contributed by atoms with Crippen molar-refractivity contribution >= 4 is 11.6 Å². The summed E-state index contributed by atoms with van der Waals surface area (Å²) in [6, 6.07) is 0. The third kappa shape index (κ3) is 2.83. The Morgan fingerprint density at radius 3 is 1.97 bits per heavy atom. The number of hydrogen-bond donors (Lipinski definition) is 0. The number of amides is 1. The minimum atomic E-state index is -2.25. The highest BCUT2D eigenvalue weighted by molar-refractivity contribution is 5.99. The van der Waals surface area contributed by atoms with Gasteiger partial charge in [-0.25, -0.2) is 17.6 Å². The summed E-state index contributed by atoms with van der Waals surface area (Å²) in [6.45, 7) is -1.45. The topological polar surface area (TPSA) is 38.8 Å². The maximum absolute atomic E-state index is 15.1. The van der Waals surface area contributed by atoms with E-state index in [0.717, 1.165) is 0 Å². The van der Waals surface area contributed by atoms with Crippen LogP contribution in [0.25, 0.3) is 11.1 Å². The van der Waals surface area contributed by atoms with Gasteiger partial charge in [0.1, 0.15) is 5.69 Å². The number of nitrogens with zero attached hydrogens (tertiary/aromatic N) is 1. The molecular formula is C18H8F7NO3. The Kier molecular flexibility index (Phi) is 5.04. The summed E-state index contributed by atoms with van der Waals surface area (Å²) in [5.74, 6) is -16.3. The van der Waals surface area contributed by atoms with Crippen LogP contribution in [-0.2, 0) is 4.79 Å². The molecule has 152 valence electrons. The van der Waals surface area contributed by atoms with Crippen LogP contribution in [-0.4, -0.2) is 26.2 Å². The van der Waals surface area contributed by atoms with Gasteiger partial charge >= 0.3 is 0 Å². The lowest BCUT2D eigenvalue weighted by Crippen LogP contribution is -2.40. The molecule has 29 heavy (non-hydrogen) atoms. The number of methoxy groups -OCH3 is 1. The number of fused-ring (bicyclic) bond motifs is 1. The average Bonchev–Trinajstić information content (AvgIpc) is 2.69. The van der Waals surface area contributed by atoms with E-state index in [0.29, 0.717) is 12.0 Å². The van der Waals surface area contributed by atoms with Crippen molar-refractivity contribution in [1.29, 1.82) is 0 Å². The van der Waals surface area contributed by atoms with Crippen LogP contribution in [0.4, 0.5) is 36.4 Å². The number of carbonyl (C=O) groups excluding carboxylic acids is 1. The monoisotopic (exact) mass is 419 g/mol. The van der Waals surface area contributed by atoms with Crippen LogP contribution in [0.5, 0.6) is 11.5 Å². The summed E-state index contributed by atoms with van der Waals surface area (Å²) >= 11 is 0. The van der Waals surface area contributed by atoms with Gasteiger partial charge in [0.05, 0.1) is 24.8 Å². The molecule has 0 atom stereocenters. The van der Waals surface area contributed by atoms with Crippen molar-refractivity contribution < 1.29 is 45.0 Å². The second-order valence-electron chi connectivity index (χ2n) is 5.63. The first-order valence-corrected chi connectivity index (χ1v) is 7.64. The summed E-state index contributed by atoms with van der Waals surface area (Å²) < 4.78 is 110. The minimum absolute atomic E-state index is 0.465. The van der Waals surface area contributed by atoms with Crippen LogP contribution in [0.3, 0.4) is 0 Å². The predicted molar refractivity (Wildman–Crippen MR) is 84.8 cm³/mol. The predicted octanol–water partition coefficient (Wildman–Crippen LogP) is 3.69. The maximum atomic E-state index is 15.1. The van der Waals surface area contributed by atoms with E-state index in [1.54, 1.807) is 0 Å². The lowest BCUT2D eigenvalue weighted by molar-refractivity contribution is -0.121. The molecule has 0 aliphatic carbocycles. The third-order valence-electron chi connectivity index (χ3n) is 4.09. The lowest BCUT2D eigenvalue weighted by Gasteiger charge is -2.29. The molecule has 3 rings (SSSR count). The van der Waals surface area contributed by atoms with Crippen molar-refractivity contribution in [1.82, 2.24) is 0 Å². The fourth-order valence-electron chi connectivity index (χ4n) is 2.83. The van der Waals surface area contributed by atoms with Gasteiger partial charge in [-0.3, -0.25) is 9.69 Å². The standard InChI is InChI=1S/C18H8F7NO3/c1-3-4-26-6(27)5-29-18-15(25)11(21)8(12(22)16(18)26)7-9(19)13(23)17(28-2)14(24)10(7)20/h1H,4-5H2,2H3. The highest BCUT2D eigenvalue weighted by atomic mass is 19.2. The normalized spacial score (nSPS) is 13.1. The zero-order valence-corrected chi connectivity index (χ0v) is 14.3. The Bertz CT molecular complexity index is 1070. The van der Waals surface area contributed by atoms with Gasteiger partial charge in [-0.1, -0.05) is 5.92 Å². The molecule has 0 fully saturated rings. The van der Waals surface area contributed by atoms with Gasteiger partial charge < -0.3 is 9.47 Å². The molecule has 0 aromatic heterocycles. The molecule has 0 saturated heterocycles. The van der Waals surface area contributed by atoms with Crippen LogP contribution in [0.15, 0.2) is 0 Å². The zero-order valence-electron chi connectivity index (χ0n) is 14.3. The van der Waals surface area contributed by atoms with Crippen LogP contribution >= 0.6 is 0 Å². The number of hydrogen-bond acceptors (Lipinski definition) is 3. The van der Waals surface area contributed by atoms with Crippen molar-refractivity contribution in [2.75, 3.05) is 25.2 Å². The van der Waals surface area contributed by atoms with Gasteiger partial charge in [-0.05, 0) is 0 Å². The average molecular weight is 419 g/mol. The molecule has 4 nitrogen and oxygen atoms in total. The number of halogens is 7. The first-order chi connectivity index (χ1) is 13.7. The molecule has 1 aliphatic heterocycles. The summed E-state index contributed by atoms with van der Waals surface area (Å²) in [5, 5.41) is 0. The molecule has 0 saturated carbocycles. The highest BCUT2D eigenvalue weighted by Gasteiger charge is 2.39. The molecule has 0 radical (unpaired) electrons. The fourth-order valence-corrected chi connectivity index (χ4v) is 2.83. The smallest absolute Gasteiger partial charge is 0.265 e. The van der Waals surface area contributed by atoms with Crippen LogP contribution in [0.1, 0.15) is 0 Å². The van der Waals surface area contributed by atoms with Gasteiger partial charge in [0.2, 0.25) is 17.5 Å². The van der Waals surface area contributed by atoms with Crippen LogP contribution in [0, 0.1) is 53.1 Å². The quantitative estimate of drug-likeness (QED) is 0.433. The van der Waals surface area contributed by atoms with Gasteiger partial charge in [-0.2, -0.15) is 13.2 Å². The minimum Gasteiger partial charge on any atom is -0.491 e. The summed E-state index contributed by atoms with van der Waals surface area (Å²) in [7, 11) is 0.695. The maximum Gasteiger partial charge on any atom is 0.265 e. The highest BCUT2D eigenvalue weighted by Crippen LogP contribution is 2.46. The van der Waals surface area contributed by atoms with Gasteiger partial charge in [0, 0.05) is 0 Å². The Morgan fingerprint density at radius 2 is 1.45 bits per heavy atom. The number of benzene rings is 2. The SMILES string of the molecule is C#CCN1C(=O)COc2c(F)c(F)c(-c3c(F)c(F)c(OC)c(F)c3F)c(F)c21. The number of rotatable bonds is 3. The fraction of sp³-hybridized carbons (Fsp3) is 0.167. The van der Waals surface area contributed by atoms with Crippen molar-refractivity contribution in [2.45, 2.75) is 0 Å². The van der Waals surface area contributed by atoms with E-state index in [4.69, 9.17) is 6.42 Å². The third-order valence-corrected chi connectivity index (χ3v) is 4.09. The van der Waals surface area contributed by atoms with E-state index in [-0.39, 0.29) is 0 Å². The lowest BCUT2D eigenvalue weighted by atomic mass is 9.99. The zero-order chi connectivity index (χ0) is 21.6. The molecule has 1 heterocycles. The Morgan fingerprint density at radius 1 is 0.931 bits per heavy atom. The first kappa shape index (κ1) is 20.3. The molecule has 2 aromatic carbocycles. The van der Waals surface area contributed by atoms with Crippen LogP contribution < -0.4 is 14.4 Å². The van der Waals surface area contributed by atoms with E-state index >= 15 is 4.39 Å². The largest absolute Gasteiger partial charge is 0.491 e. The Balaban J connectivity index is 2.44. The molecule has 0 N–H and O–H groups in total. The van der Waals surface area contributed by atoms with E-state index in [9.17, 15) is 31.1 Å². The second-order valence-corrected chi connectivity index (χ2v) is 5.63. The number of anilines is 1. The van der Waals surface area contributed by atoms with Crippen molar-refractivity contribution in [3.05, 3.63) is 40.7 Å².